The van der Waals surface area contributed by atoms with Crippen molar-refractivity contribution in [2.75, 3.05) is 71.8 Å². The minimum atomic E-state index is -4.83. The molecule has 5 amide bonds. The molecule has 5 N–H and O–H groups in total. The van der Waals surface area contributed by atoms with E-state index < -0.39 is 63.2 Å². The number of benzene rings is 2. The molecule has 1 saturated heterocycles. The first kappa shape index (κ1) is 47.3. The number of alkyl halides is 3. The van der Waals surface area contributed by atoms with E-state index in [1.54, 1.807) is 12.1 Å². The third kappa shape index (κ3) is 11.4. The van der Waals surface area contributed by atoms with Gasteiger partial charge in [0.2, 0.25) is 27.8 Å². The number of imide groups is 2. The van der Waals surface area contributed by atoms with Gasteiger partial charge in [-0.1, -0.05) is 11.3 Å². The number of amides is 5. The fourth-order valence-electron chi connectivity index (χ4n) is 6.73. The van der Waals surface area contributed by atoms with Gasteiger partial charge in [-0.3, -0.25) is 43.5 Å². The van der Waals surface area contributed by atoms with Crippen LogP contribution in [0.3, 0.4) is 0 Å². The summed E-state index contributed by atoms with van der Waals surface area (Å²) in [7, 11) is -2.51. The predicted molar refractivity (Wildman–Crippen MR) is 231 cm³/mol. The topological polar surface area (TPSA) is 287 Å². The summed E-state index contributed by atoms with van der Waals surface area (Å²) in [5, 5.41) is 21.2. The SMILES string of the molecule is CN(c1nccnc1CNc1nc(Nc2ccc(NC(=O)c3cn(CCOCCOCCNc4cccc5c4C(=O)N(C4CCC(=O)NC4=O)C5=O)nn3)cc2)ncc1C(F)(F)F)S(C)(=O)=O. The second-order valence-electron chi connectivity index (χ2n) is 14.7. The van der Waals surface area contributed by atoms with Crippen LogP contribution < -0.4 is 30.9 Å². The van der Waals surface area contributed by atoms with Gasteiger partial charge in [-0.05, 0) is 42.8 Å². The highest BCUT2D eigenvalue weighted by Gasteiger charge is 2.45. The lowest BCUT2D eigenvalue weighted by Crippen LogP contribution is -2.54. The molecule has 0 saturated carbocycles. The van der Waals surface area contributed by atoms with E-state index in [1.807, 2.05) is 0 Å². The van der Waals surface area contributed by atoms with Crippen LogP contribution in [0.4, 0.5) is 47.8 Å². The van der Waals surface area contributed by atoms with E-state index >= 15 is 0 Å². The van der Waals surface area contributed by atoms with E-state index in [0.717, 1.165) is 15.5 Å². The molecule has 352 valence electrons. The molecule has 27 heteroatoms. The summed E-state index contributed by atoms with van der Waals surface area (Å²) in [4.78, 5) is 79.9. The average Bonchev–Trinajstić information content (AvgIpc) is 3.87. The number of piperidine rings is 1. The zero-order chi connectivity index (χ0) is 47.9. The van der Waals surface area contributed by atoms with E-state index in [0.29, 0.717) is 29.8 Å². The predicted octanol–water partition coefficient (Wildman–Crippen LogP) is 2.43. The summed E-state index contributed by atoms with van der Waals surface area (Å²) < 4.78 is 79.3. The molecule has 5 heterocycles. The maximum Gasteiger partial charge on any atom is 0.421 e. The fraction of sp³-hybridized carbons (Fsp3) is 0.325. The number of fused-ring (bicyclic) bond motifs is 1. The number of anilines is 6. The Morgan fingerprint density at radius 3 is 2.40 bits per heavy atom. The molecule has 23 nitrogen and oxygen atoms in total. The largest absolute Gasteiger partial charge is 0.421 e. The van der Waals surface area contributed by atoms with Gasteiger partial charge in [0.25, 0.3) is 17.7 Å². The number of ether oxygens (including phenoxy) is 2. The minimum Gasteiger partial charge on any atom is -0.382 e. The maximum absolute atomic E-state index is 13.9. The highest BCUT2D eigenvalue weighted by atomic mass is 32.2. The number of aromatic nitrogens is 7. The van der Waals surface area contributed by atoms with Crippen LogP contribution >= 0.6 is 0 Å². The minimum absolute atomic E-state index is 0.0200. The van der Waals surface area contributed by atoms with Gasteiger partial charge < -0.3 is 30.7 Å². The molecule has 1 fully saturated rings. The summed E-state index contributed by atoms with van der Waals surface area (Å²) in [5.41, 5.74) is 0.358. The summed E-state index contributed by atoms with van der Waals surface area (Å²) in [6, 6.07) is 9.84. The smallest absolute Gasteiger partial charge is 0.382 e. The number of hydrogen-bond acceptors (Lipinski definition) is 18. The molecule has 2 aliphatic rings. The molecule has 3 aromatic heterocycles. The van der Waals surface area contributed by atoms with Gasteiger partial charge in [0, 0.05) is 55.7 Å². The molecule has 7 rings (SSSR count). The Balaban J connectivity index is 0.822. The quantitative estimate of drug-likeness (QED) is 0.0553. The lowest BCUT2D eigenvalue weighted by Gasteiger charge is -2.27. The molecule has 0 bridgehead atoms. The summed E-state index contributed by atoms with van der Waals surface area (Å²) in [6.45, 7) is 1.15. The number of sulfonamides is 1. The Hall–Kier alpha value is -7.65. The van der Waals surface area contributed by atoms with E-state index in [9.17, 15) is 45.6 Å². The Morgan fingerprint density at radius 1 is 0.940 bits per heavy atom. The van der Waals surface area contributed by atoms with Gasteiger partial charge >= 0.3 is 6.18 Å². The molecule has 67 heavy (non-hydrogen) atoms. The first-order valence-corrected chi connectivity index (χ1v) is 22.1. The number of carbonyl (C=O) groups is 5. The van der Waals surface area contributed by atoms with Crippen molar-refractivity contribution in [1.82, 2.24) is 45.1 Å². The third-order valence-electron chi connectivity index (χ3n) is 10.1. The molecular formula is C40H41F3N14O9S. The number of carbonyl (C=O) groups excluding carboxylic acids is 5. The van der Waals surface area contributed by atoms with Crippen molar-refractivity contribution < 1.29 is 55.0 Å². The van der Waals surface area contributed by atoms with Crippen LogP contribution in [-0.2, 0) is 48.4 Å². The van der Waals surface area contributed by atoms with Crippen LogP contribution in [0, 0.1) is 0 Å². The standard InChI is InChI=1S/C40H41F3N14O9S/c1-55(67(2,63)64)34-28(44-12-13-46-34)21-47-33-26(40(41,42)43)20-48-39(52-33)50-24-8-6-23(7-9-24)49-35(59)29-22-56(54-53-29)15-17-66-19-18-65-16-14-45-27-5-3-4-25-32(27)38(62)57(37(25)61)30-10-11-31(58)51-36(30)60/h3-9,12-13,20,22,30,45H,10-11,14-19,21H2,1-2H3,(H,49,59)(H,51,58,60)(H2,47,48,50,52). The molecule has 0 aliphatic carbocycles. The van der Waals surface area contributed by atoms with E-state index in [2.05, 4.69) is 56.8 Å². The van der Waals surface area contributed by atoms with Crippen LogP contribution in [0.25, 0.3) is 0 Å². The molecule has 1 unspecified atom stereocenters. The molecule has 0 spiro atoms. The first-order valence-electron chi connectivity index (χ1n) is 20.2. The second-order valence-corrected chi connectivity index (χ2v) is 16.7. The normalized spacial score (nSPS) is 15.0. The van der Waals surface area contributed by atoms with Crippen molar-refractivity contribution in [3.05, 3.63) is 95.3 Å². The molecule has 2 aromatic carbocycles. The van der Waals surface area contributed by atoms with Crippen LogP contribution in [-0.4, -0.2) is 130 Å². The number of rotatable bonds is 20. The number of halogens is 3. The Morgan fingerprint density at radius 2 is 1.67 bits per heavy atom. The molecule has 1 atom stereocenters. The van der Waals surface area contributed by atoms with Crippen molar-refractivity contribution in [1.29, 1.82) is 0 Å². The van der Waals surface area contributed by atoms with Crippen molar-refractivity contribution in [3.8, 4) is 0 Å². The zero-order valence-electron chi connectivity index (χ0n) is 35.5. The molecule has 0 radical (unpaired) electrons. The summed E-state index contributed by atoms with van der Waals surface area (Å²) >= 11 is 0. The Labute approximate surface area is 378 Å². The monoisotopic (exact) mass is 950 g/mol. The van der Waals surface area contributed by atoms with Crippen molar-refractivity contribution in [3.63, 3.8) is 0 Å². The van der Waals surface area contributed by atoms with Gasteiger partial charge in [-0.2, -0.15) is 18.2 Å². The highest BCUT2D eigenvalue weighted by molar-refractivity contribution is 7.92. The average molecular weight is 951 g/mol. The Bertz CT molecular complexity index is 2790. The van der Waals surface area contributed by atoms with Gasteiger partial charge in [-0.15, -0.1) is 5.10 Å². The van der Waals surface area contributed by atoms with E-state index in [-0.39, 0.29) is 86.6 Å². The maximum atomic E-state index is 13.9. The Kier molecular flexibility index (Phi) is 14.3. The van der Waals surface area contributed by atoms with E-state index in [1.165, 1.54) is 60.7 Å². The lowest BCUT2D eigenvalue weighted by atomic mass is 10.0. The van der Waals surface area contributed by atoms with Crippen LogP contribution in [0.5, 0.6) is 0 Å². The van der Waals surface area contributed by atoms with Crippen molar-refractivity contribution >= 4 is 74.2 Å². The second kappa shape index (κ2) is 20.3. The first-order chi connectivity index (χ1) is 32.0. The van der Waals surface area contributed by atoms with Crippen molar-refractivity contribution in [2.24, 2.45) is 0 Å². The van der Waals surface area contributed by atoms with Gasteiger partial charge in [0.05, 0.1) is 63.1 Å². The summed E-state index contributed by atoms with van der Waals surface area (Å²) in [6.07, 6.45) is 0.745. The number of nitrogens with zero attached hydrogens (tertiary/aromatic N) is 9. The fourth-order valence-corrected chi connectivity index (χ4v) is 7.20. The molecule has 5 aromatic rings. The number of hydrogen-bond donors (Lipinski definition) is 5. The van der Waals surface area contributed by atoms with Crippen LogP contribution in [0.15, 0.2) is 67.3 Å². The zero-order valence-corrected chi connectivity index (χ0v) is 36.3. The van der Waals surface area contributed by atoms with E-state index in [4.69, 9.17) is 9.47 Å². The van der Waals surface area contributed by atoms with Gasteiger partial charge in [0.1, 0.15) is 23.1 Å². The molecule has 2 aliphatic heterocycles. The van der Waals surface area contributed by atoms with Crippen LogP contribution in [0.1, 0.15) is 55.3 Å². The van der Waals surface area contributed by atoms with Crippen LogP contribution in [0.2, 0.25) is 0 Å². The highest BCUT2D eigenvalue weighted by Crippen LogP contribution is 2.35. The number of nitrogens with one attached hydrogen (secondary N) is 5. The molecular weight excluding hydrogens is 910 g/mol. The third-order valence-corrected chi connectivity index (χ3v) is 11.3. The van der Waals surface area contributed by atoms with Gasteiger partial charge in [-0.25, -0.2) is 23.1 Å². The summed E-state index contributed by atoms with van der Waals surface area (Å²) in [5.74, 6) is -3.79. The van der Waals surface area contributed by atoms with Gasteiger partial charge in [0.15, 0.2) is 11.5 Å². The van der Waals surface area contributed by atoms with Crippen molar-refractivity contribution in [2.45, 2.75) is 38.1 Å². The lowest BCUT2D eigenvalue weighted by molar-refractivity contribution is -0.138.